The standard InChI is InChI=1S/C48H56N5O9P/c1-33(2)53(34(3)4)63(60-31-15-29-49)62-43-41(61-46(44(43)58-8)52-30-28-42(51(5)47(52)55)50-45(54)35-16-11-9-12-17-35)32-59-48(36-18-13-10-14-19-36,37-20-24-39(56-6)25-21-37)38-22-26-40(57-7)27-23-38/h9-14,16-28,30,33-34,41,43-44,46H,15,31-32H2,1-8H3/t41-,43-,44-,46-,63?/m1/s1. The van der Waals surface area contributed by atoms with E-state index in [1.807, 2.05) is 84.9 Å². The predicted octanol–water partition coefficient (Wildman–Crippen LogP) is 7.53. The van der Waals surface area contributed by atoms with Gasteiger partial charge in [-0.25, -0.2) is 9.46 Å². The second-order valence-corrected chi connectivity index (χ2v) is 16.8. The van der Waals surface area contributed by atoms with E-state index in [9.17, 15) is 14.9 Å². The van der Waals surface area contributed by atoms with E-state index in [1.165, 1.54) is 9.13 Å². The Morgan fingerprint density at radius 3 is 1.90 bits per heavy atom. The van der Waals surface area contributed by atoms with Crippen molar-refractivity contribution in [1.82, 2.24) is 13.8 Å². The van der Waals surface area contributed by atoms with Crippen molar-refractivity contribution in [1.29, 1.82) is 5.26 Å². The van der Waals surface area contributed by atoms with Crippen molar-refractivity contribution in [2.75, 3.05) is 34.5 Å². The van der Waals surface area contributed by atoms with Crippen molar-refractivity contribution >= 4 is 14.4 Å². The molecule has 0 aliphatic carbocycles. The first-order valence-corrected chi connectivity index (χ1v) is 21.9. The molecule has 2 heterocycles. The summed E-state index contributed by atoms with van der Waals surface area (Å²) in [5.74, 6) is 0.877. The lowest BCUT2D eigenvalue weighted by Gasteiger charge is -2.39. The number of hydrogen-bond acceptors (Lipinski definition) is 11. The topological polar surface area (TPSA) is 148 Å². The maximum atomic E-state index is 14.3. The first-order chi connectivity index (χ1) is 30.5. The minimum Gasteiger partial charge on any atom is -0.497 e. The Balaban J connectivity index is 1.48. The van der Waals surface area contributed by atoms with Crippen LogP contribution in [0, 0.1) is 11.3 Å². The molecule has 332 valence electrons. The van der Waals surface area contributed by atoms with Gasteiger partial charge in [-0.3, -0.25) is 13.9 Å². The van der Waals surface area contributed by atoms with E-state index in [1.54, 1.807) is 64.9 Å². The smallest absolute Gasteiger partial charge is 0.331 e. The summed E-state index contributed by atoms with van der Waals surface area (Å²) in [6, 6.07) is 37.8. The Labute approximate surface area is 370 Å². The summed E-state index contributed by atoms with van der Waals surface area (Å²) in [5.41, 5.74) is 1.32. The van der Waals surface area contributed by atoms with Gasteiger partial charge in [0.1, 0.15) is 40.9 Å². The lowest BCUT2D eigenvalue weighted by atomic mass is 9.80. The van der Waals surface area contributed by atoms with Gasteiger partial charge in [0, 0.05) is 38.0 Å². The number of nitrogens with zero attached hydrogens (tertiary/aromatic N) is 5. The molecule has 5 atom stereocenters. The minimum atomic E-state index is -1.81. The highest BCUT2D eigenvalue weighted by molar-refractivity contribution is 7.44. The first-order valence-electron chi connectivity index (χ1n) is 20.8. The number of ether oxygens (including phenoxy) is 5. The number of rotatable bonds is 19. The number of amides is 1. The molecule has 1 unspecified atom stereocenters. The quantitative estimate of drug-likeness (QED) is 0.0461. The molecule has 0 N–H and O–H groups in total. The van der Waals surface area contributed by atoms with Crippen LogP contribution in [0.4, 0.5) is 0 Å². The summed E-state index contributed by atoms with van der Waals surface area (Å²) >= 11 is 0. The van der Waals surface area contributed by atoms with E-state index < -0.39 is 50.3 Å². The summed E-state index contributed by atoms with van der Waals surface area (Å²) in [5, 5.41) is 9.46. The summed E-state index contributed by atoms with van der Waals surface area (Å²) < 4.78 is 49.9. The van der Waals surface area contributed by atoms with Gasteiger partial charge in [0.15, 0.2) is 6.23 Å². The molecule has 0 bridgehead atoms. The van der Waals surface area contributed by atoms with Crippen LogP contribution in [-0.2, 0) is 35.9 Å². The average molecular weight is 878 g/mol. The van der Waals surface area contributed by atoms with E-state index in [0.29, 0.717) is 17.1 Å². The lowest BCUT2D eigenvalue weighted by Crippen LogP contribution is -2.44. The third kappa shape index (κ3) is 10.5. The van der Waals surface area contributed by atoms with Crippen molar-refractivity contribution in [3.05, 3.63) is 160 Å². The van der Waals surface area contributed by atoms with Crippen LogP contribution in [0.25, 0.3) is 0 Å². The van der Waals surface area contributed by atoms with Crippen molar-refractivity contribution in [2.24, 2.45) is 12.0 Å². The van der Waals surface area contributed by atoms with Gasteiger partial charge >= 0.3 is 5.69 Å². The molecule has 0 spiro atoms. The SMILES string of the molecule is COc1ccc(C(OC[C@H]2O[C@@H](n3ccc(=NC(=O)c4ccccc4)n(C)c3=O)[C@H](OC)[C@@H]2OP(OCCC#N)N(C(C)C)C(C)C)(c2ccccc2)c2ccc(OC)cc2)cc1. The van der Waals surface area contributed by atoms with Crippen molar-refractivity contribution in [3.63, 3.8) is 0 Å². The minimum absolute atomic E-state index is 0.000515. The molecule has 0 saturated carbocycles. The van der Waals surface area contributed by atoms with Gasteiger partial charge < -0.3 is 32.7 Å². The predicted molar refractivity (Wildman–Crippen MR) is 239 cm³/mol. The molecule has 14 nitrogen and oxygen atoms in total. The fraction of sp³-hybridized carbons (Fsp3) is 0.375. The lowest BCUT2D eigenvalue weighted by molar-refractivity contribution is -0.0960. The number of aromatic nitrogens is 2. The number of nitriles is 1. The fourth-order valence-electron chi connectivity index (χ4n) is 7.77. The van der Waals surface area contributed by atoms with Crippen LogP contribution in [-0.4, -0.2) is 84.7 Å². The van der Waals surface area contributed by atoms with Gasteiger partial charge in [0.05, 0.1) is 39.9 Å². The molecule has 0 radical (unpaired) electrons. The Bertz CT molecular complexity index is 2360. The largest absolute Gasteiger partial charge is 0.497 e. The Morgan fingerprint density at radius 1 is 0.825 bits per heavy atom. The van der Waals surface area contributed by atoms with Crippen LogP contribution in [0.15, 0.2) is 131 Å². The van der Waals surface area contributed by atoms with Crippen LogP contribution in [0.2, 0.25) is 0 Å². The molecule has 1 aliphatic rings. The molecule has 63 heavy (non-hydrogen) atoms. The van der Waals surface area contributed by atoms with Crippen molar-refractivity contribution in [3.8, 4) is 17.6 Å². The zero-order valence-electron chi connectivity index (χ0n) is 37.0. The van der Waals surface area contributed by atoms with Gasteiger partial charge in [-0.15, -0.1) is 0 Å². The molecule has 5 aromatic rings. The zero-order chi connectivity index (χ0) is 45.1. The van der Waals surface area contributed by atoms with Crippen LogP contribution >= 0.6 is 8.53 Å². The molecule has 15 heteroatoms. The molecule has 1 saturated heterocycles. The number of carbonyl (C=O) groups is 1. The van der Waals surface area contributed by atoms with E-state index in [0.717, 1.165) is 16.7 Å². The third-order valence-electron chi connectivity index (χ3n) is 10.8. The third-order valence-corrected chi connectivity index (χ3v) is 12.9. The average Bonchev–Trinajstić information content (AvgIpc) is 3.65. The normalized spacial score (nSPS) is 18.5. The molecular weight excluding hydrogens is 822 g/mol. The summed E-state index contributed by atoms with van der Waals surface area (Å²) in [4.78, 5) is 31.6. The highest BCUT2D eigenvalue weighted by atomic mass is 31.2. The van der Waals surface area contributed by atoms with Crippen molar-refractivity contribution < 1.29 is 37.5 Å². The first kappa shape index (κ1) is 47.0. The highest BCUT2D eigenvalue weighted by Gasteiger charge is 2.51. The van der Waals surface area contributed by atoms with Crippen LogP contribution < -0.4 is 20.7 Å². The van der Waals surface area contributed by atoms with Crippen LogP contribution in [0.5, 0.6) is 11.5 Å². The molecular formula is C48H56N5O9P. The van der Waals surface area contributed by atoms with Crippen LogP contribution in [0.3, 0.4) is 0 Å². The zero-order valence-corrected chi connectivity index (χ0v) is 37.9. The number of hydrogen-bond donors (Lipinski definition) is 0. The Morgan fingerprint density at radius 2 is 1.38 bits per heavy atom. The molecule has 1 aromatic heterocycles. The maximum absolute atomic E-state index is 14.3. The van der Waals surface area contributed by atoms with Gasteiger partial charge in [-0.1, -0.05) is 72.8 Å². The van der Waals surface area contributed by atoms with E-state index in [-0.39, 0.29) is 37.2 Å². The number of benzene rings is 4. The van der Waals surface area contributed by atoms with Crippen molar-refractivity contribution in [2.45, 2.75) is 76.3 Å². The summed E-state index contributed by atoms with van der Waals surface area (Å²) in [7, 11) is 4.52. The molecule has 1 aliphatic heterocycles. The van der Waals surface area contributed by atoms with E-state index >= 15 is 0 Å². The Hall–Kier alpha value is -5.49. The van der Waals surface area contributed by atoms with Crippen LogP contribution in [0.1, 0.15) is 67.4 Å². The van der Waals surface area contributed by atoms with E-state index in [2.05, 4.69) is 43.4 Å². The van der Waals surface area contributed by atoms with Gasteiger partial charge in [-0.05, 0) is 86.8 Å². The molecule has 6 rings (SSSR count). The number of carbonyl (C=O) groups excluding carboxylic acids is 1. The highest BCUT2D eigenvalue weighted by Crippen LogP contribution is 2.51. The van der Waals surface area contributed by atoms with Gasteiger partial charge in [-0.2, -0.15) is 10.3 Å². The Kier molecular flexibility index (Phi) is 16.2. The maximum Gasteiger partial charge on any atom is 0.331 e. The van der Waals surface area contributed by atoms with Gasteiger partial charge in [0.25, 0.3) is 14.4 Å². The van der Waals surface area contributed by atoms with Gasteiger partial charge in [0.2, 0.25) is 0 Å². The summed E-state index contributed by atoms with van der Waals surface area (Å²) in [6.07, 6.45) is -1.91. The number of methoxy groups -OCH3 is 3. The monoisotopic (exact) mass is 877 g/mol. The second-order valence-electron chi connectivity index (χ2n) is 15.4. The summed E-state index contributed by atoms with van der Waals surface area (Å²) in [6.45, 7) is 8.31. The molecule has 1 amide bonds. The molecule has 1 fully saturated rings. The molecule has 4 aromatic carbocycles. The fourth-order valence-corrected chi connectivity index (χ4v) is 9.54. The second kappa shape index (κ2) is 21.7. The van der Waals surface area contributed by atoms with E-state index in [4.69, 9.17) is 32.7 Å².